The Hall–Kier alpha value is -3.66. The Bertz CT molecular complexity index is 2090. The van der Waals surface area contributed by atoms with Gasteiger partial charge in [0.2, 0.25) is 0 Å². The first-order chi connectivity index (χ1) is 31.0. The number of aliphatic hydroxyl groups excluding tert-OH is 1. The van der Waals surface area contributed by atoms with Crippen molar-refractivity contribution in [1.29, 1.82) is 0 Å². The molecule has 0 amide bonds. The number of allylic oxidation sites excluding steroid dienone is 3. The van der Waals surface area contributed by atoms with E-state index in [0.717, 1.165) is 32.3 Å². The maximum absolute atomic E-state index is 10.9. The third kappa shape index (κ3) is 10.2. The van der Waals surface area contributed by atoms with Gasteiger partial charge in [0.1, 0.15) is 6.29 Å². The number of carbonyl (C=O) groups is 1. The molecule has 4 nitrogen and oxygen atoms in total. The van der Waals surface area contributed by atoms with Crippen LogP contribution in [0.25, 0.3) is 0 Å². The van der Waals surface area contributed by atoms with Crippen LogP contribution in [0.4, 0.5) is 0 Å². The van der Waals surface area contributed by atoms with Crippen LogP contribution in [0.15, 0.2) is 146 Å². The maximum atomic E-state index is 10.9. The molecule has 358 valence electrons. The molecule has 0 spiro atoms. The molecular formula is C60H86O4Si2. The second-order valence-corrected chi connectivity index (χ2v) is 32.0. The van der Waals surface area contributed by atoms with E-state index in [0.29, 0.717) is 23.7 Å². The number of carbonyl (C=O) groups excluding carboxylic acids is 1. The van der Waals surface area contributed by atoms with E-state index in [1.807, 2.05) is 6.08 Å². The zero-order valence-electron chi connectivity index (χ0n) is 43.4. The Labute approximate surface area is 404 Å². The van der Waals surface area contributed by atoms with Crippen LogP contribution in [0.2, 0.25) is 10.1 Å². The molecule has 2 saturated carbocycles. The quantitative estimate of drug-likeness (QED) is 0.0526. The van der Waals surface area contributed by atoms with E-state index in [1.54, 1.807) is 6.08 Å². The lowest BCUT2D eigenvalue weighted by Crippen LogP contribution is -2.67. The molecule has 0 saturated heterocycles. The molecule has 2 aliphatic carbocycles. The highest BCUT2D eigenvalue weighted by molar-refractivity contribution is 7.00. The maximum Gasteiger partial charge on any atom is 0.261 e. The van der Waals surface area contributed by atoms with E-state index in [-0.39, 0.29) is 38.3 Å². The van der Waals surface area contributed by atoms with Gasteiger partial charge in [0.15, 0.2) is 0 Å². The number of aliphatic hydroxyl groups is 1. The van der Waals surface area contributed by atoms with Gasteiger partial charge in [-0.05, 0) is 108 Å². The highest BCUT2D eigenvalue weighted by Gasteiger charge is 2.57. The van der Waals surface area contributed by atoms with Crippen LogP contribution in [0.1, 0.15) is 123 Å². The summed E-state index contributed by atoms with van der Waals surface area (Å²) in [4.78, 5) is 10.9. The van der Waals surface area contributed by atoms with Crippen molar-refractivity contribution >= 4 is 43.7 Å². The van der Waals surface area contributed by atoms with Crippen molar-refractivity contribution < 1.29 is 18.8 Å². The molecule has 4 aromatic rings. The molecule has 0 radical (unpaired) electrons. The summed E-state index contributed by atoms with van der Waals surface area (Å²) < 4.78 is 14.6. The first-order valence-corrected chi connectivity index (χ1v) is 28.7. The van der Waals surface area contributed by atoms with Crippen molar-refractivity contribution in [2.45, 2.75) is 133 Å². The topological polar surface area (TPSA) is 55.8 Å². The minimum atomic E-state index is -2.53. The molecule has 66 heavy (non-hydrogen) atoms. The Morgan fingerprint density at radius 2 is 0.864 bits per heavy atom. The van der Waals surface area contributed by atoms with Crippen LogP contribution in [0, 0.1) is 45.3 Å². The van der Waals surface area contributed by atoms with Crippen molar-refractivity contribution in [2.24, 2.45) is 45.3 Å². The van der Waals surface area contributed by atoms with E-state index in [9.17, 15) is 9.90 Å². The van der Waals surface area contributed by atoms with E-state index in [4.69, 9.17) is 8.85 Å². The van der Waals surface area contributed by atoms with Gasteiger partial charge in [0.05, 0.1) is 6.61 Å². The first kappa shape index (κ1) is 53.3. The smallest absolute Gasteiger partial charge is 0.261 e. The van der Waals surface area contributed by atoms with Crippen molar-refractivity contribution in [2.75, 3.05) is 19.8 Å². The fourth-order valence-electron chi connectivity index (χ4n) is 12.3. The van der Waals surface area contributed by atoms with Crippen molar-refractivity contribution in [3.8, 4) is 0 Å². The molecule has 6 atom stereocenters. The SMILES string of the molecule is C[C@@H](/C=C/C=O)[C@@]1(C)CC[C@@H](CO[Si](c2ccccc2)(c2ccccc2)C(C)(C)C)C1(C)C.C[C@@H](/C=C/CO)[C@@]1(C)CC[C@@H](CO[Si](c2ccccc2)(c2ccccc2)C(C)(C)C)C1(C)C. The lowest BCUT2D eigenvalue weighted by Gasteiger charge is -2.47. The summed E-state index contributed by atoms with van der Waals surface area (Å²) in [5.74, 6) is 1.72. The van der Waals surface area contributed by atoms with Gasteiger partial charge in [-0.3, -0.25) is 4.79 Å². The summed E-state index contributed by atoms with van der Waals surface area (Å²) in [5, 5.41) is 14.6. The molecule has 2 aliphatic rings. The fourth-order valence-corrected chi connectivity index (χ4v) is 21.5. The number of hydrogen-bond donors (Lipinski definition) is 1. The van der Waals surface area contributed by atoms with Gasteiger partial charge in [0.25, 0.3) is 16.6 Å². The molecule has 0 aromatic heterocycles. The third-order valence-electron chi connectivity index (χ3n) is 17.9. The molecule has 4 aromatic carbocycles. The van der Waals surface area contributed by atoms with Gasteiger partial charge >= 0.3 is 0 Å². The molecule has 6 rings (SSSR count). The number of benzene rings is 4. The molecule has 0 aliphatic heterocycles. The summed E-state index contributed by atoms with van der Waals surface area (Å²) in [7, 11) is -5.06. The largest absolute Gasteiger partial charge is 0.407 e. The average Bonchev–Trinajstić information content (AvgIpc) is 3.67. The van der Waals surface area contributed by atoms with Crippen LogP contribution in [0.5, 0.6) is 0 Å². The average molecular weight is 928 g/mol. The minimum absolute atomic E-state index is 0.00108. The zero-order valence-corrected chi connectivity index (χ0v) is 45.4. The van der Waals surface area contributed by atoms with Gasteiger partial charge in [-0.2, -0.15) is 0 Å². The highest BCUT2D eigenvalue weighted by atomic mass is 28.4. The molecule has 0 unspecified atom stereocenters. The lowest BCUT2D eigenvalue weighted by atomic mass is 9.60. The number of hydrogen-bond acceptors (Lipinski definition) is 4. The second-order valence-electron chi connectivity index (χ2n) is 23.4. The second kappa shape index (κ2) is 21.3. The minimum Gasteiger partial charge on any atom is -0.407 e. The molecular weight excluding hydrogens is 841 g/mol. The van der Waals surface area contributed by atoms with E-state index < -0.39 is 16.6 Å². The van der Waals surface area contributed by atoms with E-state index in [2.05, 4.69) is 230 Å². The number of aldehydes is 1. The number of rotatable bonds is 16. The predicted octanol–water partition coefficient (Wildman–Crippen LogP) is 12.6. The van der Waals surface area contributed by atoms with Gasteiger partial charge in [-0.25, -0.2) is 0 Å². The predicted molar refractivity (Wildman–Crippen MR) is 286 cm³/mol. The zero-order chi connectivity index (χ0) is 48.7. The summed E-state index contributed by atoms with van der Waals surface area (Å²) in [6.07, 6.45) is 13.4. The molecule has 6 heteroatoms. The molecule has 2 fully saturated rings. The van der Waals surface area contributed by atoms with E-state index >= 15 is 0 Å². The molecule has 0 bridgehead atoms. The van der Waals surface area contributed by atoms with Gasteiger partial charge in [-0.15, -0.1) is 0 Å². The van der Waals surface area contributed by atoms with Crippen molar-refractivity contribution in [3.05, 3.63) is 146 Å². The summed E-state index contributed by atoms with van der Waals surface area (Å²) >= 11 is 0. The standard InChI is InChI=1S/C30H44O2Si.C30H42O2Si/c2*1-24(15-14-22-31)30(7)21-20-25(29(30,5)6)23-32-33(28(2,3)4,26-16-10-8-11-17-26)27-18-12-9-13-19-27/h8-19,24-25,31H,20-23H2,1-7H3;8-19,22,24-25H,20-21,23H2,1-7H3/b2*15-14+/t2*24-,25-,30+/m00/s1. The summed E-state index contributed by atoms with van der Waals surface area (Å²) in [6, 6.07) is 43.7. The van der Waals surface area contributed by atoms with E-state index in [1.165, 1.54) is 33.6 Å². The van der Waals surface area contributed by atoms with Crippen LogP contribution in [0.3, 0.4) is 0 Å². The normalized spacial score (nSPS) is 24.2. The lowest BCUT2D eigenvalue weighted by molar-refractivity contribution is -0.104. The summed E-state index contributed by atoms with van der Waals surface area (Å²) in [5.41, 5.74) is 0.548. The van der Waals surface area contributed by atoms with Crippen LogP contribution in [-0.4, -0.2) is 47.8 Å². The molecule has 0 heterocycles. The van der Waals surface area contributed by atoms with Crippen molar-refractivity contribution in [1.82, 2.24) is 0 Å². The monoisotopic (exact) mass is 927 g/mol. The van der Waals surface area contributed by atoms with Crippen LogP contribution < -0.4 is 20.7 Å². The summed E-state index contributed by atoms with van der Waals surface area (Å²) in [6.45, 7) is 34.8. The Morgan fingerprint density at radius 1 is 0.561 bits per heavy atom. The van der Waals surface area contributed by atoms with Crippen LogP contribution in [-0.2, 0) is 13.6 Å². The Kier molecular flexibility index (Phi) is 17.2. The highest BCUT2D eigenvalue weighted by Crippen LogP contribution is 2.61. The van der Waals surface area contributed by atoms with Gasteiger partial charge in [-0.1, -0.05) is 236 Å². The van der Waals surface area contributed by atoms with Crippen LogP contribution >= 0.6 is 0 Å². The van der Waals surface area contributed by atoms with Crippen molar-refractivity contribution in [3.63, 3.8) is 0 Å². The van der Waals surface area contributed by atoms with Gasteiger partial charge < -0.3 is 14.0 Å². The fraction of sp³-hybridized carbons (Fsp3) is 0.517. The first-order valence-electron chi connectivity index (χ1n) is 24.9. The third-order valence-corrected chi connectivity index (χ3v) is 27.9. The Balaban J connectivity index is 0.000000247. The Morgan fingerprint density at radius 3 is 1.14 bits per heavy atom. The van der Waals surface area contributed by atoms with Gasteiger partial charge in [0, 0.05) is 13.2 Å². The molecule has 1 N–H and O–H groups in total.